The van der Waals surface area contributed by atoms with E-state index in [1.165, 1.54) is 44.5 Å². The highest BCUT2D eigenvalue weighted by molar-refractivity contribution is 9.10. The largest absolute Gasteiger partial charge is 0.494 e. The smallest absolute Gasteiger partial charge is 0.247 e. The van der Waals surface area contributed by atoms with Gasteiger partial charge in [-0.15, -0.1) is 0 Å². The molecule has 1 saturated heterocycles. The highest BCUT2D eigenvalue weighted by Crippen LogP contribution is 2.40. The molecule has 2 heterocycles. The van der Waals surface area contributed by atoms with Gasteiger partial charge in [-0.1, -0.05) is 47.8 Å². The van der Waals surface area contributed by atoms with Gasteiger partial charge >= 0.3 is 0 Å². The molecule has 216 valence electrons. The Hall–Kier alpha value is -3.70. The molecule has 2 fully saturated rings. The molecule has 1 saturated carbocycles. The summed E-state index contributed by atoms with van der Waals surface area (Å²) in [7, 11) is 1.63. The SMILES string of the molecule is C=CC(=O)Nc1cc(Nc2ncnc(Nc3cccc(Br)c3)n2)c(OC)cc1N1CCN(C2CCCCC2)CC1C. The van der Waals surface area contributed by atoms with E-state index in [0.29, 0.717) is 35.1 Å². The third-order valence-corrected chi connectivity index (χ3v) is 8.21. The van der Waals surface area contributed by atoms with Gasteiger partial charge in [0.15, 0.2) is 0 Å². The first-order valence-corrected chi connectivity index (χ1v) is 14.9. The van der Waals surface area contributed by atoms with Gasteiger partial charge in [0.2, 0.25) is 17.8 Å². The van der Waals surface area contributed by atoms with Gasteiger partial charge in [-0.25, -0.2) is 9.97 Å². The summed E-state index contributed by atoms with van der Waals surface area (Å²) in [5.74, 6) is 1.05. The number of amides is 1. The molecule has 2 aromatic carbocycles. The number of halogens is 1. The van der Waals surface area contributed by atoms with Crippen LogP contribution in [-0.4, -0.2) is 64.6 Å². The van der Waals surface area contributed by atoms with Crippen molar-refractivity contribution in [2.75, 3.05) is 47.6 Å². The average molecular weight is 622 g/mol. The maximum absolute atomic E-state index is 12.5. The monoisotopic (exact) mass is 620 g/mol. The van der Waals surface area contributed by atoms with Crippen LogP contribution in [0.3, 0.4) is 0 Å². The lowest BCUT2D eigenvalue weighted by Crippen LogP contribution is -2.55. The van der Waals surface area contributed by atoms with Crippen molar-refractivity contribution >= 4 is 56.5 Å². The van der Waals surface area contributed by atoms with Crippen LogP contribution in [0, 0.1) is 0 Å². The Kier molecular flexibility index (Phi) is 9.35. The normalized spacial score (nSPS) is 18.0. The number of methoxy groups -OCH3 is 1. The molecule has 1 aliphatic heterocycles. The van der Waals surface area contributed by atoms with Gasteiger partial charge in [0.1, 0.15) is 12.1 Å². The number of nitrogens with one attached hydrogen (secondary N) is 3. The number of aromatic nitrogens is 3. The Morgan fingerprint density at radius 3 is 2.56 bits per heavy atom. The van der Waals surface area contributed by atoms with Crippen molar-refractivity contribution in [2.24, 2.45) is 0 Å². The van der Waals surface area contributed by atoms with Crippen molar-refractivity contribution in [1.29, 1.82) is 0 Å². The molecule has 0 bridgehead atoms. The number of carbonyl (C=O) groups is 1. The third kappa shape index (κ3) is 7.15. The molecule has 1 amide bonds. The lowest BCUT2D eigenvalue weighted by Gasteiger charge is -2.45. The number of piperazine rings is 1. The van der Waals surface area contributed by atoms with Crippen molar-refractivity contribution in [3.63, 3.8) is 0 Å². The lowest BCUT2D eigenvalue weighted by molar-refractivity contribution is -0.111. The second kappa shape index (κ2) is 13.3. The standard InChI is InChI=1S/C30H37BrN8O2/c1-4-28(40)35-24-16-25(36-30-33-19-32-29(37-30)34-22-10-8-9-21(31)15-22)27(41-3)17-26(24)39-14-13-38(18-20(39)2)23-11-6-5-7-12-23/h4,8-10,15-17,19-20,23H,1,5-7,11-14,18H2,2-3H3,(H,35,40)(H2,32,33,34,36,37). The third-order valence-electron chi connectivity index (χ3n) is 7.72. The molecule has 1 aromatic heterocycles. The first-order valence-electron chi connectivity index (χ1n) is 14.1. The molecule has 1 unspecified atom stereocenters. The Morgan fingerprint density at radius 2 is 1.85 bits per heavy atom. The minimum atomic E-state index is -0.281. The van der Waals surface area contributed by atoms with E-state index >= 15 is 0 Å². The van der Waals surface area contributed by atoms with Gasteiger partial charge in [0, 0.05) is 47.9 Å². The second-order valence-corrected chi connectivity index (χ2v) is 11.4. The molecule has 3 aromatic rings. The number of nitrogens with zero attached hydrogens (tertiary/aromatic N) is 5. The summed E-state index contributed by atoms with van der Waals surface area (Å²) in [6, 6.07) is 12.5. The molecule has 10 nitrogen and oxygen atoms in total. The zero-order chi connectivity index (χ0) is 28.8. The van der Waals surface area contributed by atoms with Gasteiger partial charge in [0.05, 0.1) is 24.2 Å². The number of hydrogen-bond donors (Lipinski definition) is 3. The zero-order valence-electron chi connectivity index (χ0n) is 23.6. The summed E-state index contributed by atoms with van der Waals surface area (Å²) in [5, 5.41) is 9.43. The van der Waals surface area contributed by atoms with Crippen molar-refractivity contribution in [1.82, 2.24) is 19.9 Å². The minimum absolute atomic E-state index is 0.267. The fourth-order valence-electron chi connectivity index (χ4n) is 5.71. The first kappa shape index (κ1) is 28.8. The van der Waals surface area contributed by atoms with E-state index in [9.17, 15) is 4.79 Å². The van der Waals surface area contributed by atoms with Crippen LogP contribution in [0.5, 0.6) is 5.75 Å². The van der Waals surface area contributed by atoms with Gasteiger partial charge in [-0.05, 0) is 50.1 Å². The number of anilines is 6. The number of rotatable bonds is 9. The zero-order valence-corrected chi connectivity index (χ0v) is 25.2. The van der Waals surface area contributed by atoms with E-state index in [4.69, 9.17) is 4.74 Å². The summed E-state index contributed by atoms with van der Waals surface area (Å²) in [6.07, 6.45) is 9.29. The van der Waals surface area contributed by atoms with Gasteiger partial charge in [0.25, 0.3) is 0 Å². The molecule has 11 heteroatoms. The second-order valence-electron chi connectivity index (χ2n) is 10.5. The predicted molar refractivity (Wildman–Crippen MR) is 168 cm³/mol. The van der Waals surface area contributed by atoms with Crippen molar-refractivity contribution < 1.29 is 9.53 Å². The quantitative estimate of drug-likeness (QED) is 0.245. The maximum Gasteiger partial charge on any atom is 0.247 e. The van der Waals surface area contributed by atoms with Crippen LogP contribution in [0.4, 0.5) is 34.6 Å². The first-order chi connectivity index (χ1) is 19.9. The number of ether oxygens (including phenoxy) is 1. The molecule has 41 heavy (non-hydrogen) atoms. The average Bonchev–Trinajstić information content (AvgIpc) is 2.98. The Balaban J connectivity index is 1.39. The van der Waals surface area contributed by atoms with E-state index in [2.05, 4.69) is 70.1 Å². The summed E-state index contributed by atoms with van der Waals surface area (Å²) in [5.41, 5.74) is 3.03. The van der Waals surface area contributed by atoms with Crippen molar-refractivity contribution in [3.05, 3.63) is 59.9 Å². The van der Waals surface area contributed by atoms with Crippen LogP contribution in [0.25, 0.3) is 0 Å². The van der Waals surface area contributed by atoms with E-state index in [0.717, 1.165) is 35.5 Å². The Labute approximate surface area is 249 Å². The van der Waals surface area contributed by atoms with Gasteiger partial charge < -0.3 is 25.6 Å². The minimum Gasteiger partial charge on any atom is -0.494 e. The van der Waals surface area contributed by atoms with Gasteiger partial charge in [-0.3, -0.25) is 9.69 Å². The molecular weight excluding hydrogens is 584 g/mol. The number of carbonyl (C=O) groups excluding carboxylic acids is 1. The summed E-state index contributed by atoms with van der Waals surface area (Å²) in [6.45, 7) is 8.73. The predicted octanol–water partition coefficient (Wildman–Crippen LogP) is 6.10. The Morgan fingerprint density at radius 1 is 1.07 bits per heavy atom. The molecule has 0 spiro atoms. The van der Waals surface area contributed by atoms with Gasteiger partial charge in [-0.2, -0.15) is 4.98 Å². The van der Waals surface area contributed by atoms with Crippen LogP contribution in [-0.2, 0) is 4.79 Å². The summed E-state index contributed by atoms with van der Waals surface area (Å²) in [4.78, 5) is 30.5. The summed E-state index contributed by atoms with van der Waals surface area (Å²) < 4.78 is 6.74. The van der Waals surface area contributed by atoms with Crippen molar-refractivity contribution in [3.8, 4) is 5.75 Å². The maximum atomic E-state index is 12.5. The Bertz CT molecular complexity index is 1380. The van der Waals surface area contributed by atoms with E-state index in [1.807, 2.05) is 36.4 Å². The molecule has 5 rings (SSSR count). The highest BCUT2D eigenvalue weighted by Gasteiger charge is 2.31. The molecule has 3 N–H and O–H groups in total. The van der Waals surface area contributed by atoms with Crippen LogP contribution in [0.15, 0.2) is 59.9 Å². The van der Waals surface area contributed by atoms with Crippen LogP contribution >= 0.6 is 15.9 Å². The molecule has 0 radical (unpaired) electrons. The number of benzene rings is 2. The lowest BCUT2D eigenvalue weighted by atomic mass is 9.93. The summed E-state index contributed by atoms with van der Waals surface area (Å²) >= 11 is 3.48. The van der Waals surface area contributed by atoms with Crippen molar-refractivity contribution in [2.45, 2.75) is 51.1 Å². The fraction of sp³-hybridized carbons (Fsp3) is 0.400. The van der Waals surface area contributed by atoms with Crippen LogP contribution in [0.2, 0.25) is 0 Å². The topological polar surface area (TPSA) is 108 Å². The molecule has 1 atom stereocenters. The van der Waals surface area contributed by atoms with E-state index in [-0.39, 0.29) is 11.9 Å². The van der Waals surface area contributed by atoms with E-state index in [1.54, 1.807) is 7.11 Å². The molecule has 1 aliphatic carbocycles. The number of hydrogen-bond acceptors (Lipinski definition) is 9. The molecule has 2 aliphatic rings. The van der Waals surface area contributed by atoms with E-state index < -0.39 is 0 Å². The fourth-order valence-corrected chi connectivity index (χ4v) is 6.11. The van der Waals surface area contributed by atoms with Crippen LogP contribution < -0.4 is 25.6 Å². The highest BCUT2D eigenvalue weighted by atomic mass is 79.9. The molecular formula is C30H37BrN8O2. The van der Waals surface area contributed by atoms with Crippen LogP contribution in [0.1, 0.15) is 39.0 Å².